The minimum atomic E-state index is -1.16. The monoisotopic (exact) mass is 269 g/mol. The largest absolute Gasteiger partial charge is 0.491 e. The van der Waals surface area contributed by atoms with E-state index in [1.54, 1.807) is 0 Å². The number of carboxylic acids is 1. The number of pyridine rings is 1. The second-order valence-electron chi connectivity index (χ2n) is 4.72. The van der Waals surface area contributed by atoms with Gasteiger partial charge in [-0.15, -0.1) is 0 Å². The summed E-state index contributed by atoms with van der Waals surface area (Å²) in [6.45, 7) is 6.40. The highest BCUT2D eigenvalue weighted by atomic mass is 16.5. The van der Waals surface area contributed by atoms with Gasteiger partial charge in [0.25, 0.3) is 0 Å². The molecule has 106 valence electrons. The first-order valence-electron chi connectivity index (χ1n) is 5.96. The quantitative estimate of drug-likeness (QED) is 0.844. The minimum absolute atomic E-state index is 0.0846. The van der Waals surface area contributed by atoms with E-state index in [0.717, 1.165) is 6.07 Å². The van der Waals surface area contributed by atoms with Gasteiger partial charge in [0, 0.05) is 12.7 Å². The summed E-state index contributed by atoms with van der Waals surface area (Å²) in [5, 5.41) is 9.14. The number of aromatic carboxylic acids is 1. The predicted octanol–water partition coefficient (Wildman–Crippen LogP) is 1.37. The molecule has 0 spiro atoms. The Labute approximate surface area is 111 Å². The number of hydrogen-bond acceptors (Lipinski definition) is 4. The van der Waals surface area contributed by atoms with E-state index in [9.17, 15) is 9.59 Å². The van der Waals surface area contributed by atoms with Gasteiger partial charge in [0.05, 0.1) is 25.5 Å². The smallest absolute Gasteiger partial charge is 0.352 e. The standard InChI is InChI=1S/C13H19NO5/c1-5-19-13(2,3)8-14-7-11(18-4)10(15)6-9(14)12(16)17/h6-7H,5,8H2,1-4H3,(H,16,17). The van der Waals surface area contributed by atoms with Crippen LogP contribution in [0.1, 0.15) is 31.3 Å². The first-order valence-corrected chi connectivity index (χ1v) is 5.96. The molecule has 1 aromatic rings. The molecule has 0 fully saturated rings. The summed E-state index contributed by atoms with van der Waals surface area (Å²) in [5.41, 5.74) is -1.08. The zero-order valence-electron chi connectivity index (χ0n) is 11.6. The Kier molecular flexibility index (Phi) is 4.72. The van der Waals surface area contributed by atoms with Crippen LogP contribution in [-0.2, 0) is 11.3 Å². The second-order valence-corrected chi connectivity index (χ2v) is 4.72. The molecule has 0 saturated heterocycles. The number of nitrogens with zero attached hydrogens (tertiary/aromatic N) is 1. The van der Waals surface area contributed by atoms with Crippen molar-refractivity contribution in [3.63, 3.8) is 0 Å². The van der Waals surface area contributed by atoms with Crippen LogP contribution in [0.15, 0.2) is 17.1 Å². The van der Waals surface area contributed by atoms with Crippen molar-refractivity contribution >= 4 is 5.97 Å². The van der Waals surface area contributed by atoms with Crippen molar-refractivity contribution in [3.05, 3.63) is 28.2 Å². The fourth-order valence-electron chi connectivity index (χ4n) is 1.87. The summed E-state index contributed by atoms with van der Waals surface area (Å²) < 4.78 is 11.9. The van der Waals surface area contributed by atoms with Crippen LogP contribution < -0.4 is 10.2 Å². The van der Waals surface area contributed by atoms with E-state index in [-0.39, 0.29) is 11.4 Å². The maximum atomic E-state index is 11.6. The topological polar surface area (TPSA) is 77.8 Å². The lowest BCUT2D eigenvalue weighted by atomic mass is 10.1. The van der Waals surface area contributed by atoms with Crippen molar-refractivity contribution in [2.24, 2.45) is 0 Å². The summed E-state index contributed by atoms with van der Waals surface area (Å²) in [7, 11) is 1.37. The van der Waals surface area contributed by atoms with Crippen molar-refractivity contribution in [1.82, 2.24) is 4.57 Å². The Hall–Kier alpha value is -1.82. The number of rotatable bonds is 6. The van der Waals surface area contributed by atoms with Crippen LogP contribution in [0.2, 0.25) is 0 Å². The number of ether oxygens (including phenoxy) is 2. The highest BCUT2D eigenvalue weighted by Gasteiger charge is 2.22. The summed E-state index contributed by atoms with van der Waals surface area (Å²) in [4.78, 5) is 22.8. The van der Waals surface area contributed by atoms with Gasteiger partial charge in [-0.3, -0.25) is 4.79 Å². The molecule has 0 radical (unpaired) electrons. The molecule has 0 bridgehead atoms. The third-order valence-corrected chi connectivity index (χ3v) is 2.62. The molecule has 0 aromatic carbocycles. The van der Waals surface area contributed by atoms with Gasteiger partial charge in [-0.25, -0.2) is 4.79 Å². The summed E-state index contributed by atoms with van der Waals surface area (Å²) in [6, 6.07) is 1.06. The molecule has 1 heterocycles. The van der Waals surface area contributed by atoms with Gasteiger partial charge in [-0.2, -0.15) is 0 Å². The van der Waals surface area contributed by atoms with Gasteiger partial charge >= 0.3 is 5.97 Å². The van der Waals surface area contributed by atoms with Crippen LogP contribution >= 0.6 is 0 Å². The second kappa shape index (κ2) is 5.88. The molecule has 0 unspecified atom stereocenters. The molecule has 0 amide bonds. The van der Waals surface area contributed by atoms with Crippen molar-refractivity contribution < 1.29 is 19.4 Å². The predicted molar refractivity (Wildman–Crippen MR) is 69.9 cm³/mol. The number of hydrogen-bond donors (Lipinski definition) is 1. The third-order valence-electron chi connectivity index (χ3n) is 2.62. The van der Waals surface area contributed by atoms with Crippen molar-refractivity contribution in [2.75, 3.05) is 13.7 Å². The average Bonchev–Trinajstić information content (AvgIpc) is 2.30. The van der Waals surface area contributed by atoms with Gasteiger partial charge in [0.15, 0.2) is 5.75 Å². The molecule has 6 heteroatoms. The first kappa shape index (κ1) is 15.2. The molecule has 0 aliphatic heterocycles. The Morgan fingerprint density at radius 2 is 2.11 bits per heavy atom. The molecule has 0 aliphatic carbocycles. The summed E-state index contributed by atoms with van der Waals surface area (Å²) in [6.07, 6.45) is 1.40. The van der Waals surface area contributed by atoms with E-state index in [2.05, 4.69) is 0 Å². The number of carboxylic acid groups (broad SMARTS) is 1. The van der Waals surface area contributed by atoms with Crippen LogP contribution in [0, 0.1) is 0 Å². The lowest BCUT2D eigenvalue weighted by Gasteiger charge is -2.27. The molecule has 0 saturated carbocycles. The van der Waals surface area contributed by atoms with Gasteiger partial charge in [-0.05, 0) is 20.8 Å². The number of carbonyl (C=O) groups is 1. The highest BCUT2D eigenvalue weighted by molar-refractivity contribution is 5.85. The van der Waals surface area contributed by atoms with E-state index < -0.39 is 17.0 Å². The van der Waals surface area contributed by atoms with Crippen LogP contribution in [0.4, 0.5) is 0 Å². The highest BCUT2D eigenvalue weighted by Crippen LogP contribution is 2.16. The van der Waals surface area contributed by atoms with E-state index in [1.165, 1.54) is 17.9 Å². The van der Waals surface area contributed by atoms with Gasteiger partial charge in [0.2, 0.25) is 5.43 Å². The van der Waals surface area contributed by atoms with Crippen LogP contribution in [0.3, 0.4) is 0 Å². The minimum Gasteiger partial charge on any atom is -0.491 e. The van der Waals surface area contributed by atoms with Crippen molar-refractivity contribution in [2.45, 2.75) is 32.9 Å². The fraction of sp³-hybridized carbons (Fsp3) is 0.538. The van der Waals surface area contributed by atoms with Gasteiger partial charge < -0.3 is 19.1 Å². The molecular weight excluding hydrogens is 250 g/mol. The SMILES string of the molecule is CCOC(C)(C)Cn1cc(OC)c(=O)cc1C(=O)O. The zero-order chi connectivity index (χ0) is 14.6. The first-order chi connectivity index (χ1) is 8.80. The van der Waals surface area contributed by atoms with E-state index in [4.69, 9.17) is 14.6 Å². The molecule has 1 rings (SSSR count). The maximum absolute atomic E-state index is 11.6. The average molecular weight is 269 g/mol. The Morgan fingerprint density at radius 3 is 2.58 bits per heavy atom. The lowest BCUT2D eigenvalue weighted by Crippen LogP contribution is -2.33. The fourth-order valence-corrected chi connectivity index (χ4v) is 1.87. The number of methoxy groups -OCH3 is 1. The Bertz CT molecular complexity index is 518. The van der Waals surface area contributed by atoms with Gasteiger partial charge in [0.1, 0.15) is 5.69 Å². The van der Waals surface area contributed by atoms with Crippen molar-refractivity contribution in [1.29, 1.82) is 0 Å². The zero-order valence-corrected chi connectivity index (χ0v) is 11.6. The van der Waals surface area contributed by atoms with Crippen LogP contribution in [0.5, 0.6) is 5.75 Å². The summed E-state index contributed by atoms with van der Waals surface area (Å²) >= 11 is 0. The molecule has 1 aromatic heterocycles. The van der Waals surface area contributed by atoms with E-state index in [0.29, 0.717) is 13.2 Å². The Morgan fingerprint density at radius 1 is 1.47 bits per heavy atom. The van der Waals surface area contributed by atoms with Crippen molar-refractivity contribution in [3.8, 4) is 5.75 Å². The summed E-state index contributed by atoms with van der Waals surface area (Å²) in [5.74, 6) is -1.05. The molecular formula is C13H19NO5. The molecule has 19 heavy (non-hydrogen) atoms. The molecule has 0 atom stereocenters. The molecule has 0 aliphatic rings. The van der Waals surface area contributed by atoms with E-state index in [1.807, 2.05) is 20.8 Å². The molecule has 6 nitrogen and oxygen atoms in total. The normalized spacial score (nSPS) is 11.4. The number of aromatic nitrogens is 1. The molecule has 1 N–H and O–H groups in total. The maximum Gasteiger partial charge on any atom is 0.352 e. The third kappa shape index (κ3) is 3.82. The van der Waals surface area contributed by atoms with Crippen LogP contribution in [0.25, 0.3) is 0 Å². The van der Waals surface area contributed by atoms with Crippen LogP contribution in [-0.4, -0.2) is 35.0 Å². The van der Waals surface area contributed by atoms with E-state index >= 15 is 0 Å². The Balaban J connectivity index is 3.24. The lowest BCUT2D eigenvalue weighted by molar-refractivity contribution is -0.0230. The van der Waals surface area contributed by atoms with Gasteiger partial charge in [-0.1, -0.05) is 0 Å².